The Balaban J connectivity index is 2.46. The molecule has 1 aliphatic rings. The minimum absolute atomic E-state index is 0.146. The highest BCUT2D eigenvalue weighted by molar-refractivity contribution is 9.10. The van der Waals surface area contributed by atoms with Gasteiger partial charge in [0.2, 0.25) is 10.0 Å². The maximum atomic E-state index is 12.1. The van der Waals surface area contributed by atoms with Crippen molar-refractivity contribution in [3.8, 4) is 0 Å². The maximum Gasteiger partial charge on any atom is 0.241 e. The zero-order valence-corrected chi connectivity index (χ0v) is 11.7. The molecule has 0 saturated heterocycles. The summed E-state index contributed by atoms with van der Waals surface area (Å²) < 4.78 is 27.8. The highest BCUT2D eigenvalue weighted by Crippen LogP contribution is 2.27. The van der Waals surface area contributed by atoms with Crippen molar-refractivity contribution in [1.29, 1.82) is 0 Å². The Bertz CT molecular complexity index is 498. The van der Waals surface area contributed by atoms with Crippen molar-refractivity contribution in [3.05, 3.63) is 27.7 Å². The molecule has 0 aromatic heterocycles. The van der Waals surface area contributed by atoms with E-state index in [4.69, 9.17) is 0 Å². The standard InChI is InChI=1S/C11H14BrNO2S/c1-7-5-9(12)6-8(2)11(7)16(14,15)13-10-3-4-10/h5-6,10,13H,3-4H2,1-2H3. The second-order valence-corrected chi connectivity index (χ2v) is 6.83. The van der Waals surface area contributed by atoms with Gasteiger partial charge in [-0.2, -0.15) is 0 Å². The van der Waals surface area contributed by atoms with Gasteiger partial charge in [0.1, 0.15) is 0 Å². The van der Waals surface area contributed by atoms with Gasteiger partial charge in [0.15, 0.2) is 0 Å². The summed E-state index contributed by atoms with van der Waals surface area (Å²) in [6.07, 6.45) is 1.90. The summed E-state index contributed by atoms with van der Waals surface area (Å²) in [7, 11) is -3.35. The van der Waals surface area contributed by atoms with Gasteiger partial charge in [0, 0.05) is 10.5 Å². The molecule has 0 aliphatic heterocycles. The lowest BCUT2D eigenvalue weighted by molar-refractivity contribution is 0.579. The van der Waals surface area contributed by atoms with Crippen LogP contribution in [0.25, 0.3) is 0 Å². The van der Waals surface area contributed by atoms with E-state index in [1.807, 2.05) is 26.0 Å². The molecule has 0 bridgehead atoms. The molecule has 16 heavy (non-hydrogen) atoms. The fraction of sp³-hybridized carbons (Fsp3) is 0.455. The molecule has 3 nitrogen and oxygen atoms in total. The van der Waals surface area contributed by atoms with Crippen molar-refractivity contribution in [2.75, 3.05) is 0 Å². The first-order valence-electron chi connectivity index (χ1n) is 5.19. The van der Waals surface area contributed by atoms with Crippen molar-refractivity contribution in [1.82, 2.24) is 4.72 Å². The first kappa shape index (κ1) is 12.1. The molecule has 1 aromatic rings. The van der Waals surface area contributed by atoms with Gasteiger partial charge in [0.25, 0.3) is 0 Å². The molecule has 1 saturated carbocycles. The van der Waals surface area contributed by atoms with E-state index < -0.39 is 10.0 Å². The van der Waals surface area contributed by atoms with Gasteiger partial charge in [-0.3, -0.25) is 0 Å². The van der Waals surface area contributed by atoms with E-state index in [-0.39, 0.29) is 6.04 Å². The van der Waals surface area contributed by atoms with Crippen LogP contribution in [0.1, 0.15) is 24.0 Å². The van der Waals surface area contributed by atoms with Crippen molar-refractivity contribution in [2.45, 2.75) is 37.6 Å². The average molecular weight is 304 g/mol. The molecule has 0 unspecified atom stereocenters. The summed E-state index contributed by atoms with van der Waals surface area (Å²) in [5, 5.41) is 0. The molecular formula is C11H14BrNO2S. The van der Waals surface area contributed by atoms with E-state index in [0.717, 1.165) is 28.4 Å². The maximum absolute atomic E-state index is 12.1. The summed E-state index contributed by atoms with van der Waals surface area (Å²) >= 11 is 3.36. The highest BCUT2D eigenvalue weighted by atomic mass is 79.9. The quantitative estimate of drug-likeness (QED) is 0.932. The molecule has 0 amide bonds. The third-order valence-electron chi connectivity index (χ3n) is 2.59. The van der Waals surface area contributed by atoms with Gasteiger partial charge < -0.3 is 0 Å². The molecule has 1 aromatic carbocycles. The Labute approximate surface area is 104 Å². The molecule has 0 spiro atoms. The van der Waals surface area contributed by atoms with Crippen LogP contribution in [-0.4, -0.2) is 14.5 Å². The largest absolute Gasteiger partial charge is 0.241 e. The number of aryl methyl sites for hydroxylation is 2. The summed E-state index contributed by atoms with van der Waals surface area (Å²) in [6.45, 7) is 3.64. The SMILES string of the molecule is Cc1cc(Br)cc(C)c1S(=O)(=O)NC1CC1. The van der Waals surface area contributed by atoms with Gasteiger partial charge in [0.05, 0.1) is 4.90 Å². The molecule has 5 heteroatoms. The van der Waals surface area contributed by atoms with E-state index in [9.17, 15) is 8.42 Å². The smallest absolute Gasteiger partial charge is 0.208 e. The number of nitrogens with one attached hydrogen (secondary N) is 1. The van der Waals surface area contributed by atoms with Crippen LogP contribution >= 0.6 is 15.9 Å². The lowest BCUT2D eigenvalue weighted by atomic mass is 10.2. The molecular weight excluding hydrogens is 290 g/mol. The number of hydrogen-bond donors (Lipinski definition) is 1. The predicted octanol–water partition coefficient (Wildman–Crippen LogP) is 2.51. The first-order chi connectivity index (χ1) is 7.40. The van der Waals surface area contributed by atoms with Gasteiger partial charge in [-0.15, -0.1) is 0 Å². The molecule has 1 aliphatic carbocycles. The van der Waals surface area contributed by atoms with Gasteiger partial charge in [-0.25, -0.2) is 13.1 Å². The third kappa shape index (κ3) is 2.47. The Hall–Kier alpha value is -0.390. The fourth-order valence-corrected chi connectivity index (χ4v) is 4.25. The molecule has 0 heterocycles. The minimum atomic E-state index is -3.35. The monoisotopic (exact) mass is 303 g/mol. The molecule has 2 rings (SSSR count). The summed E-state index contributed by atoms with van der Waals surface area (Å²) in [4.78, 5) is 0.419. The second kappa shape index (κ2) is 4.13. The average Bonchev–Trinajstić information content (AvgIpc) is 2.83. The molecule has 0 radical (unpaired) electrons. The summed E-state index contributed by atoms with van der Waals surface area (Å²) in [5.74, 6) is 0. The Morgan fingerprint density at radius 1 is 1.25 bits per heavy atom. The van der Waals surface area contributed by atoms with Crippen LogP contribution in [-0.2, 0) is 10.0 Å². The van der Waals surface area contributed by atoms with Crippen LogP contribution in [0.2, 0.25) is 0 Å². The van der Waals surface area contributed by atoms with Crippen LogP contribution in [0.15, 0.2) is 21.5 Å². The van der Waals surface area contributed by atoms with E-state index >= 15 is 0 Å². The van der Waals surface area contributed by atoms with Crippen molar-refractivity contribution >= 4 is 26.0 Å². The normalized spacial score (nSPS) is 16.4. The van der Waals surface area contributed by atoms with Gasteiger partial charge in [-0.1, -0.05) is 15.9 Å². The van der Waals surface area contributed by atoms with Gasteiger partial charge >= 0.3 is 0 Å². The Kier molecular flexibility index (Phi) is 3.11. The Morgan fingerprint density at radius 3 is 2.19 bits per heavy atom. The van der Waals surface area contributed by atoms with Crippen LogP contribution in [0, 0.1) is 13.8 Å². The number of benzene rings is 1. The molecule has 88 valence electrons. The number of rotatable bonds is 3. The third-order valence-corrected chi connectivity index (χ3v) is 4.88. The van der Waals surface area contributed by atoms with Gasteiger partial charge in [-0.05, 0) is 49.9 Å². The minimum Gasteiger partial charge on any atom is -0.208 e. The van der Waals surface area contributed by atoms with Crippen molar-refractivity contribution in [2.24, 2.45) is 0 Å². The molecule has 1 fully saturated rings. The van der Waals surface area contributed by atoms with Crippen LogP contribution < -0.4 is 4.72 Å². The first-order valence-corrected chi connectivity index (χ1v) is 7.47. The zero-order chi connectivity index (χ0) is 11.9. The zero-order valence-electron chi connectivity index (χ0n) is 9.25. The lowest BCUT2D eigenvalue weighted by Gasteiger charge is -2.12. The molecule has 0 atom stereocenters. The summed E-state index contributed by atoms with van der Waals surface area (Å²) in [6, 6.07) is 3.80. The van der Waals surface area contributed by atoms with Crippen LogP contribution in [0.3, 0.4) is 0 Å². The molecule has 1 N–H and O–H groups in total. The lowest BCUT2D eigenvalue weighted by Crippen LogP contribution is -2.27. The predicted molar refractivity (Wildman–Crippen MR) is 67.0 cm³/mol. The summed E-state index contributed by atoms with van der Waals surface area (Å²) in [5.41, 5.74) is 1.56. The van der Waals surface area contributed by atoms with Crippen LogP contribution in [0.4, 0.5) is 0 Å². The second-order valence-electron chi connectivity index (χ2n) is 4.26. The topological polar surface area (TPSA) is 46.2 Å². The van der Waals surface area contributed by atoms with Crippen molar-refractivity contribution < 1.29 is 8.42 Å². The fourth-order valence-electron chi connectivity index (χ4n) is 1.80. The Morgan fingerprint density at radius 2 is 1.75 bits per heavy atom. The van der Waals surface area contributed by atoms with Crippen molar-refractivity contribution in [3.63, 3.8) is 0 Å². The van der Waals surface area contributed by atoms with Crippen LogP contribution in [0.5, 0.6) is 0 Å². The number of hydrogen-bond acceptors (Lipinski definition) is 2. The number of sulfonamides is 1. The van der Waals surface area contributed by atoms with E-state index in [0.29, 0.717) is 4.90 Å². The van der Waals surface area contributed by atoms with E-state index in [2.05, 4.69) is 20.7 Å². The van der Waals surface area contributed by atoms with E-state index in [1.165, 1.54) is 0 Å². The van der Waals surface area contributed by atoms with E-state index in [1.54, 1.807) is 0 Å². The number of halogens is 1. The highest BCUT2D eigenvalue weighted by Gasteiger charge is 2.29.